The van der Waals surface area contributed by atoms with Gasteiger partial charge < -0.3 is 10.1 Å². The topological polar surface area (TPSA) is 77.2 Å². The molecule has 0 unspecified atom stereocenters. The van der Waals surface area contributed by atoms with Crippen LogP contribution in [0.4, 0.5) is 11.6 Å². The molecule has 0 radical (unpaired) electrons. The van der Waals surface area contributed by atoms with Crippen molar-refractivity contribution in [1.82, 2.24) is 24.6 Å². The van der Waals surface area contributed by atoms with Crippen LogP contribution in [0.15, 0.2) is 61.2 Å². The van der Waals surface area contributed by atoms with Crippen molar-refractivity contribution in [2.75, 3.05) is 12.4 Å². The van der Waals surface area contributed by atoms with E-state index < -0.39 is 0 Å². The maximum atomic E-state index is 5.55. The summed E-state index contributed by atoms with van der Waals surface area (Å²) in [5.74, 6) is 2.28. The molecule has 4 heterocycles. The maximum absolute atomic E-state index is 5.55. The highest BCUT2D eigenvalue weighted by Gasteiger charge is 2.17. The minimum atomic E-state index is 0.694. The number of hydrogen-bond acceptors (Lipinski definition) is 6. The van der Waals surface area contributed by atoms with Crippen molar-refractivity contribution < 1.29 is 4.74 Å². The third-order valence-electron chi connectivity index (χ3n) is 5.26. The molecular formula is C23H20N6O. The van der Waals surface area contributed by atoms with Gasteiger partial charge in [-0.25, -0.2) is 19.5 Å². The number of pyridine rings is 3. The lowest BCUT2D eigenvalue weighted by Crippen LogP contribution is -2.00. The normalized spacial score (nSPS) is 11.2. The molecule has 0 saturated carbocycles. The molecule has 4 aromatic heterocycles. The average Bonchev–Trinajstić information content (AvgIpc) is 3.25. The van der Waals surface area contributed by atoms with E-state index >= 15 is 0 Å². The van der Waals surface area contributed by atoms with Crippen LogP contribution in [0, 0.1) is 13.8 Å². The van der Waals surface area contributed by atoms with E-state index in [2.05, 4.69) is 51.3 Å². The van der Waals surface area contributed by atoms with Crippen LogP contribution in [0.25, 0.3) is 27.7 Å². The fourth-order valence-electron chi connectivity index (χ4n) is 3.86. The van der Waals surface area contributed by atoms with Crippen LogP contribution in [-0.4, -0.2) is 31.7 Å². The van der Waals surface area contributed by atoms with E-state index in [1.54, 1.807) is 19.6 Å². The second-order valence-electron chi connectivity index (χ2n) is 7.11. The molecule has 148 valence electrons. The van der Waals surface area contributed by atoms with E-state index in [-0.39, 0.29) is 0 Å². The molecule has 7 heteroatoms. The Morgan fingerprint density at radius 2 is 1.87 bits per heavy atom. The number of hydrogen-bond donors (Lipinski definition) is 1. The first kappa shape index (κ1) is 18.1. The number of rotatable bonds is 4. The van der Waals surface area contributed by atoms with Crippen LogP contribution in [0.3, 0.4) is 0 Å². The molecule has 0 amide bonds. The van der Waals surface area contributed by atoms with Crippen molar-refractivity contribution in [2.24, 2.45) is 0 Å². The van der Waals surface area contributed by atoms with Gasteiger partial charge in [0.25, 0.3) is 0 Å². The number of anilines is 2. The van der Waals surface area contributed by atoms with Gasteiger partial charge >= 0.3 is 0 Å². The zero-order valence-electron chi connectivity index (χ0n) is 16.9. The van der Waals surface area contributed by atoms with Crippen LogP contribution in [0.5, 0.6) is 5.75 Å². The molecule has 30 heavy (non-hydrogen) atoms. The minimum Gasteiger partial charge on any atom is -0.496 e. The molecule has 0 spiro atoms. The first-order chi connectivity index (χ1) is 14.7. The number of methoxy groups -OCH3 is 1. The summed E-state index contributed by atoms with van der Waals surface area (Å²) < 4.78 is 7.40. The van der Waals surface area contributed by atoms with E-state index in [1.807, 2.05) is 41.0 Å². The Kier molecular flexibility index (Phi) is 4.28. The monoisotopic (exact) mass is 396 g/mol. The number of nitrogens with zero attached hydrogens (tertiary/aromatic N) is 5. The number of benzene rings is 1. The van der Waals surface area contributed by atoms with Crippen molar-refractivity contribution in [1.29, 1.82) is 0 Å². The number of fused-ring (bicyclic) bond motifs is 3. The lowest BCUT2D eigenvalue weighted by molar-refractivity contribution is 0.412. The quantitative estimate of drug-likeness (QED) is 0.474. The molecule has 1 aromatic carbocycles. The molecule has 0 atom stereocenters. The third-order valence-corrected chi connectivity index (χ3v) is 5.26. The van der Waals surface area contributed by atoms with E-state index in [1.165, 1.54) is 0 Å². The molecule has 0 aliphatic heterocycles. The van der Waals surface area contributed by atoms with Crippen molar-refractivity contribution in [3.8, 4) is 16.9 Å². The Morgan fingerprint density at radius 3 is 2.67 bits per heavy atom. The number of nitrogens with one attached hydrogen (secondary N) is 1. The highest BCUT2D eigenvalue weighted by Crippen LogP contribution is 2.36. The highest BCUT2D eigenvalue weighted by molar-refractivity contribution is 5.93. The minimum absolute atomic E-state index is 0.694. The van der Waals surface area contributed by atoms with Gasteiger partial charge in [0, 0.05) is 29.4 Å². The standard InChI is InChI=1S/C23H20N6O/c1-14-7-8-19(30-3)15(2)22(14)17-10-16-12-25-21(28-20-6-4-5-9-24-20)11-18(16)29-23(17)26-13-27-29/h4-13H,1-3H3,(H,24,25,28). The van der Waals surface area contributed by atoms with E-state index in [0.717, 1.165) is 50.4 Å². The van der Waals surface area contributed by atoms with Gasteiger partial charge in [0.1, 0.15) is 23.7 Å². The van der Waals surface area contributed by atoms with E-state index in [4.69, 9.17) is 4.74 Å². The summed E-state index contributed by atoms with van der Waals surface area (Å²) in [5, 5.41) is 8.69. The molecule has 0 bridgehead atoms. The first-order valence-corrected chi connectivity index (χ1v) is 9.61. The van der Waals surface area contributed by atoms with E-state index in [0.29, 0.717) is 5.82 Å². The smallest absolute Gasteiger partial charge is 0.163 e. The van der Waals surface area contributed by atoms with Crippen LogP contribution in [-0.2, 0) is 0 Å². The highest BCUT2D eigenvalue weighted by atomic mass is 16.5. The van der Waals surface area contributed by atoms with Gasteiger partial charge in [-0.1, -0.05) is 12.1 Å². The van der Waals surface area contributed by atoms with Crippen molar-refractivity contribution in [3.05, 3.63) is 72.3 Å². The number of aryl methyl sites for hydroxylation is 1. The van der Waals surface area contributed by atoms with Crippen molar-refractivity contribution in [2.45, 2.75) is 13.8 Å². The van der Waals surface area contributed by atoms with Crippen LogP contribution < -0.4 is 10.1 Å². The molecule has 5 aromatic rings. The van der Waals surface area contributed by atoms with Crippen LogP contribution >= 0.6 is 0 Å². The molecule has 1 N–H and O–H groups in total. The molecule has 5 rings (SSSR count). The van der Waals surface area contributed by atoms with Gasteiger partial charge in [0.2, 0.25) is 0 Å². The van der Waals surface area contributed by atoms with Gasteiger partial charge in [-0.3, -0.25) is 0 Å². The van der Waals surface area contributed by atoms with Gasteiger partial charge in [-0.15, -0.1) is 0 Å². The lowest BCUT2D eigenvalue weighted by Gasteiger charge is -2.15. The predicted octanol–water partition coefficient (Wildman–Crippen LogP) is 4.71. The molecule has 0 fully saturated rings. The second-order valence-corrected chi connectivity index (χ2v) is 7.11. The van der Waals surface area contributed by atoms with Gasteiger partial charge in [0.05, 0.1) is 12.6 Å². The fraction of sp³-hybridized carbons (Fsp3) is 0.130. The largest absolute Gasteiger partial charge is 0.496 e. The fourth-order valence-corrected chi connectivity index (χ4v) is 3.86. The third kappa shape index (κ3) is 2.91. The van der Waals surface area contributed by atoms with Crippen molar-refractivity contribution in [3.63, 3.8) is 0 Å². The SMILES string of the molecule is COc1ccc(C)c(-c2cc3cnc(Nc4ccccn4)cc3n3ncnc23)c1C. The zero-order valence-corrected chi connectivity index (χ0v) is 16.9. The molecule has 0 aliphatic rings. The summed E-state index contributed by atoms with van der Waals surface area (Å²) in [6, 6.07) is 13.8. The maximum Gasteiger partial charge on any atom is 0.163 e. The summed E-state index contributed by atoms with van der Waals surface area (Å²) in [4.78, 5) is 13.4. The molecule has 0 aliphatic carbocycles. The summed E-state index contributed by atoms with van der Waals surface area (Å²) >= 11 is 0. The first-order valence-electron chi connectivity index (χ1n) is 9.61. The Morgan fingerprint density at radius 1 is 0.967 bits per heavy atom. The second kappa shape index (κ2) is 7.11. The van der Waals surface area contributed by atoms with Crippen LogP contribution in [0.1, 0.15) is 11.1 Å². The Labute approximate surface area is 173 Å². The summed E-state index contributed by atoms with van der Waals surface area (Å²) in [7, 11) is 1.69. The Bertz CT molecular complexity index is 1380. The summed E-state index contributed by atoms with van der Waals surface area (Å²) in [6.45, 7) is 4.16. The number of aromatic nitrogens is 5. The van der Waals surface area contributed by atoms with Crippen LogP contribution in [0.2, 0.25) is 0 Å². The van der Waals surface area contributed by atoms with Crippen molar-refractivity contribution >= 4 is 28.2 Å². The van der Waals surface area contributed by atoms with Gasteiger partial charge in [0.15, 0.2) is 5.65 Å². The molecule has 7 nitrogen and oxygen atoms in total. The Hall–Kier alpha value is -4.00. The zero-order chi connectivity index (χ0) is 20.7. The molecule has 0 saturated heterocycles. The Balaban J connectivity index is 1.71. The van der Waals surface area contributed by atoms with E-state index in [9.17, 15) is 0 Å². The predicted molar refractivity (Wildman–Crippen MR) is 117 cm³/mol. The summed E-state index contributed by atoms with van der Waals surface area (Å²) in [6.07, 6.45) is 5.16. The number of ether oxygens (including phenoxy) is 1. The average molecular weight is 396 g/mol. The lowest BCUT2D eigenvalue weighted by atomic mass is 9.95. The molecular weight excluding hydrogens is 376 g/mol. The van der Waals surface area contributed by atoms with Gasteiger partial charge in [-0.05, 0) is 54.8 Å². The van der Waals surface area contributed by atoms with Gasteiger partial charge in [-0.2, -0.15) is 5.10 Å². The summed E-state index contributed by atoms with van der Waals surface area (Å²) in [5.41, 5.74) is 6.03.